The summed E-state index contributed by atoms with van der Waals surface area (Å²) < 4.78 is 23.1. The van der Waals surface area contributed by atoms with Gasteiger partial charge in [0.25, 0.3) is 0 Å². The number of fused-ring (bicyclic) bond motifs is 1. The molecule has 0 radical (unpaired) electrons. The lowest BCUT2D eigenvalue weighted by Gasteiger charge is -2.11. The van der Waals surface area contributed by atoms with Crippen molar-refractivity contribution >= 4 is 23.0 Å². The van der Waals surface area contributed by atoms with E-state index in [0.29, 0.717) is 10.2 Å². The van der Waals surface area contributed by atoms with Gasteiger partial charge in [-0.25, -0.2) is 19.0 Å². The smallest absolute Gasteiger partial charge is 0.406 e. The first-order valence-corrected chi connectivity index (χ1v) is 7.53. The molecule has 0 aliphatic rings. The van der Waals surface area contributed by atoms with Gasteiger partial charge in [0, 0.05) is 6.07 Å². The van der Waals surface area contributed by atoms with Gasteiger partial charge in [0.1, 0.15) is 17.9 Å². The number of carbonyl (C=O) groups is 2. The van der Waals surface area contributed by atoms with Gasteiger partial charge in [0.2, 0.25) is 5.52 Å². The number of hydrogen-bond acceptors (Lipinski definition) is 6. The molecule has 0 saturated heterocycles. The van der Waals surface area contributed by atoms with Gasteiger partial charge >= 0.3 is 17.6 Å². The average Bonchev–Trinajstić information content (AvgIpc) is 2.66. The molecule has 7 nitrogen and oxygen atoms in total. The fraction of sp³-hybridized carbons (Fsp3) is 0.111. The van der Waals surface area contributed by atoms with E-state index in [9.17, 15) is 19.2 Å². The Morgan fingerprint density at radius 3 is 2.50 bits per heavy atom. The first-order valence-electron chi connectivity index (χ1n) is 7.53. The molecule has 3 aromatic rings. The molecule has 0 bridgehead atoms. The van der Waals surface area contributed by atoms with Crippen molar-refractivity contribution in [3.05, 3.63) is 76.5 Å². The summed E-state index contributed by atoms with van der Waals surface area (Å²) in [6.07, 6.45) is 0. The molecule has 0 N–H and O–H groups in total. The van der Waals surface area contributed by atoms with Crippen molar-refractivity contribution in [3.8, 4) is 0 Å². The van der Waals surface area contributed by atoms with Gasteiger partial charge in [-0.3, -0.25) is 0 Å². The van der Waals surface area contributed by atoms with E-state index in [0.717, 1.165) is 19.2 Å². The van der Waals surface area contributed by atoms with Crippen LogP contribution in [0.25, 0.3) is 11.0 Å². The first kappa shape index (κ1) is 17.3. The van der Waals surface area contributed by atoms with Crippen LogP contribution in [-0.2, 0) is 16.1 Å². The molecule has 0 aliphatic heterocycles. The molecular weight excluding hydrogens is 343 g/mol. The van der Waals surface area contributed by atoms with Crippen LogP contribution in [0.3, 0.4) is 0 Å². The minimum absolute atomic E-state index is 0.0407. The van der Waals surface area contributed by atoms with Crippen LogP contribution in [0.15, 0.2) is 48.5 Å². The van der Waals surface area contributed by atoms with Gasteiger partial charge in [-0.05, 0) is 30.3 Å². The number of hydrogen-bond donors (Lipinski definition) is 0. The maximum atomic E-state index is 12.9. The molecule has 26 heavy (non-hydrogen) atoms. The van der Waals surface area contributed by atoms with Gasteiger partial charge in [-0.2, -0.15) is 4.73 Å². The molecule has 8 heteroatoms. The van der Waals surface area contributed by atoms with E-state index < -0.39 is 24.4 Å². The highest BCUT2D eigenvalue weighted by atomic mass is 19.1. The highest BCUT2D eigenvalue weighted by Gasteiger charge is 2.27. The largest absolute Gasteiger partial charge is 0.618 e. The predicted molar refractivity (Wildman–Crippen MR) is 87.6 cm³/mol. The number of halogens is 1. The summed E-state index contributed by atoms with van der Waals surface area (Å²) in [5.74, 6) is -2.13. The van der Waals surface area contributed by atoms with Crippen molar-refractivity contribution in [3.63, 3.8) is 0 Å². The molecule has 1 aromatic heterocycles. The summed E-state index contributed by atoms with van der Waals surface area (Å²) >= 11 is 0. The number of methoxy groups -OCH3 is 1. The number of carbonyl (C=O) groups excluding carboxylic acids is 2. The number of aromatic nitrogens is 2. The second kappa shape index (κ2) is 7.14. The number of para-hydroxylation sites is 2. The SMILES string of the molecule is COC(=O)c1c(COC(=O)c2ccc(F)cc2)nc2ccccc2[n+]1[O-]. The van der Waals surface area contributed by atoms with Crippen molar-refractivity contribution in [1.29, 1.82) is 0 Å². The molecule has 0 fully saturated rings. The summed E-state index contributed by atoms with van der Waals surface area (Å²) in [4.78, 5) is 28.3. The molecule has 3 rings (SSSR count). The van der Waals surface area contributed by atoms with E-state index in [1.165, 1.54) is 18.2 Å². The highest BCUT2D eigenvalue weighted by molar-refractivity contribution is 5.90. The minimum Gasteiger partial charge on any atom is -0.618 e. The number of nitrogens with zero attached hydrogens (tertiary/aromatic N) is 2. The third-order valence-electron chi connectivity index (χ3n) is 3.63. The number of rotatable bonds is 4. The number of benzene rings is 2. The zero-order chi connectivity index (χ0) is 18.7. The van der Waals surface area contributed by atoms with Crippen LogP contribution in [0.2, 0.25) is 0 Å². The Hall–Kier alpha value is -3.55. The summed E-state index contributed by atoms with van der Waals surface area (Å²) in [5.41, 5.74) is 0.241. The zero-order valence-corrected chi connectivity index (χ0v) is 13.6. The van der Waals surface area contributed by atoms with Crippen molar-refractivity contribution < 1.29 is 28.2 Å². The van der Waals surface area contributed by atoms with E-state index in [4.69, 9.17) is 4.74 Å². The Bertz CT molecular complexity index is 989. The van der Waals surface area contributed by atoms with Gasteiger partial charge in [0.15, 0.2) is 5.69 Å². The summed E-state index contributed by atoms with van der Waals surface area (Å²) in [6.45, 7) is -0.423. The van der Waals surface area contributed by atoms with Crippen molar-refractivity contribution in [2.45, 2.75) is 6.61 Å². The van der Waals surface area contributed by atoms with E-state index in [-0.39, 0.29) is 22.5 Å². The van der Waals surface area contributed by atoms with E-state index in [1.807, 2.05) is 0 Å². The monoisotopic (exact) mass is 356 g/mol. The van der Waals surface area contributed by atoms with Crippen molar-refractivity contribution in [2.24, 2.45) is 0 Å². The lowest BCUT2D eigenvalue weighted by atomic mass is 10.2. The maximum Gasteiger partial charge on any atom is 0.406 e. The quantitative estimate of drug-likeness (QED) is 0.404. The molecule has 0 aliphatic carbocycles. The predicted octanol–water partition coefficient (Wildman–Crippen LogP) is 2.15. The topological polar surface area (TPSA) is 92.4 Å². The average molecular weight is 356 g/mol. The van der Waals surface area contributed by atoms with E-state index >= 15 is 0 Å². The Labute approximate surface area is 147 Å². The van der Waals surface area contributed by atoms with Crippen molar-refractivity contribution in [2.75, 3.05) is 7.11 Å². The molecular formula is C18H13FN2O5. The van der Waals surface area contributed by atoms with Crippen LogP contribution in [0.1, 0.15) is 26.5 Å². The molecule has 0 unspecified atom stereocenters. The summed E-state index contributed by atoms with van der Waals surface area (Å²) in [5, 5.41) is 12.5. The molecule has 1 heterocycles. The van der Waals surface area contributed by atoms with Crippen LogP contribution >= 0.6 is 0 Å². The second-order valence-electron chi connectivity index (χ2n) is 5.26. The Morgan fingerprint density at radius 2 is 1.81 bits per heavy atom. The zero-order valence-electron chi connectivity index (χ0n) is 13.6. The third kappa shape index (κ3) is 3.30. The van der Waals surface area contributed by atoms with Crippen LogP contribution < -0.4 is 4.73 Å². The molecule has 2 aromatic carbocycles. The van der Waals surface area contributed by atoms with Crippen LogP contribution in [0, 0.1) is 11.0 Å². The Morgan fingerprint density at radius 1 is 1.12 bits per heavy atom. The maximum absolute atomic E-state index is 12.9. The number of ether oxygens (including phenoxy) is 2. The highest BCUT2D eigenvalue weighted by Crippen LogP contribution is 2.14. The second-order valence-corrected chi connectivity index (χ2v) is 5.26. The molecule has 132 valence electrons. The lowest BCUT2D eigenvalue weighted by molar-refractivity contribution is -0.581. The summed E-state index contributed by atoms with van der Waals surface area (Å²) in [6, 6.07) is 11.2. The molecule has 0 amide bonds. The Kier molecular flexibility index (Phi) is 4.74. The molecule has 0 atom stereocenters. The van der Waals surface area contributed by atoms with Gasteiger partial charge in [-0.15, -0.1) is 0 Å². The Balaban J connectivity index is 1.94. The standard InChI is InChI=1S/C18H13FN2O5/c1-25-18(23)16-14(20-13-4-2-3-5-15(13)21(16)24)10-26-17(22)11-6-8-12(19)9-7-11/h2-9H,10H2,1H3. The number of esters is 2. The third-order valence-corrected chi connectivity index (χ3v) is 3.63. The summed E-state index contributed by atoms with van der Waals surface area (Å²) in [7, 11) is 1.13. The van der Waals surface area contributed by atoms with Gasteiger partial charge < -0.3 is 14.7 Å². The van der Waals surface area contributed by atoms with Crippen LogP contribution in [-0.4, -0.2) is 24.0 Å². The fourth-order valence-electron chi connectivity index (χ4n) is 2.37. The van der Waals surface area contributed by atoms with Crippen LogP contribution in [0.4, 0.5) is 4.39 Å². The van der Waals surface area contributed by atoms with E-state index in [2.05, 4.69) is 9.72 Å². The first-order chi connectivity index (χ1) is 12.5. The van der Waals surface area contributed by atoms with Crippen LogP contribution in [0.5, 0.6) is 0 Å². The van der Waals surface area contributed by atoms with Gasteiger partial charge in [-0.1, -0.05) is 12.1 Å². The molecule has 0 saturated carbocycles. The minimum atomic E-state index is -0.897. The fourth-order valence-corrected chi connectivity index (χ4v) is 2.37. The lowest BCUT2D eigenvalue weighted by Crippen LogP contribution is -2.38. The van der Waals surface area contributed by atoms with E-state index in [1.54, 1.807) is 18.2 Å². The van der Waals surface area contributed by atoms with Crippen molar-refractivity contribution in [1.82, 2.24) is 4.98 Å². The molecule has 0 spiro atoms. The van der Waals surface area contributed by atoms with Gasteiger partial charge in [0.05, 0.1) is 12.7 Å². The normalized spacial score (nSPS) is 10.5.